The highest BCUT2D eigenvalue weighted by Crippen LogP contribution is 2.28. The van der Waals surface area contributed by atoms with Gasteiger partial charge in [0.2, 0.25) is 5.82 Å². The fourth-order valence-corrected chi connectivity index (χ4v) is 2.16. The van der Waals surface area contributed by atoms with Crippen molar-refractivity contribution in [1.29, 1.82) is 0 Å². The molecular formula is C14H18N4O3. The molecule has 7 nitrogen and oxygen atoms in total. The number of nitrogens with zero attached hydrogens (tertiary/aromatic N) is 3. The van der Waals surface area contributed by atoms with Crippen LogP contribution in [-0.4, -0.2) is 21.8 Å². The molecule has 1 aromatic heterocycles. The first kappa shape index (κ1) is 14.8. The average molecular weight is 290 g/mol. The van der Waals surface area contributed by atoms with Crippen molar-refractivity contribution in [3.63, 3.8) is 0 Å². The second kappa shape index (κ2) is 6.25. The van der Waals surface area contributed by atoms with Gasteiger partial charge >= 0.3 is 5.69 Å². The van der Waals surface area contributed by atoms with E-state index < -0.39 is 0 Å². The van der Waals surface area contributed by atoms with Gasteiger partial charge in [0.1, 0.15) is 11.4 Å². The highest BCUT2D eigenvalue weighted by atomic mass is 16.6. The lowest BCUT2D eigenvalue weighted by Crippen LogP contribution is -2.06. The summed E-state index contributed by atoms with van der Waals surface area (Å²) in [6.45, 7) is 2.31. The molecule has 21 heavy (non-hydrogen) atoms. The Morgan fingerprint density at radius 3 is 2.86 bits per heavy atom. The Morgan fingerprint density at radius 2 is 2.24 bits per heavy atom. The van der Waals surface area contributed by atoms with E-state index in [2.05, 4.69) is 10.4 Å². The van der Waals surface area contributed by atoms with Crippen LogP contribution < -0.4 is 10.1 Å². The fraction of sp³-hybridized carbons (Fsp3) is 0.357. The van der Waals surface area contributed by atoms with Gasteiger partial charge in [-0.2, -0.15) is 5.10 Å². The highest BCUT2D eigenvalue weighted by molar-refractivity contribution is 5.60. The maximum Gasteiger partial charge on any atom is 0.333 e. The summed E-state index contributed by atoms with van der Waals surface area (Å²) in [6, 6.07) is 7.55. The number of nitrogens with one attached hydrogen (secondary N) is 1. The first-order valence-electron chi connectivity index (χ1n) is 6.63. The lowest BCUT2D eigenvalue weighted by molar-refractivity contribution is -0.384. The van der Waals surface area contributed by atoms with Gasteiger partial charge in [-0.15, -0.1) is 0 Å². The van der Waals surface area contributed by atoms with Crippen LogP contribution in [-0.2, 0) is 20.0 Å². The van der Waals surface area contributed by atoms with Crippen LogP contribution in [0.1, 0.15) is 18.2 Å². The molecule has 0 bridgehead atoms. The van der Waals surface area contributed by atoms with Crippen LogP contribution in [0.4, 0.5) is 11.5 Å². The van der Waals surface area contributed by atoms with Crippen molar-refractivity contribution in [1.82, 2.24) is 9.78 Å². The van der Waals surface area contributed by atoms with Gasteiger partial charge in [-0.1, -0.05) is 19.1 Å². The number of benzene rings is 1. The Kier molecular flexibility index (Phi) is 4.42. The zero-order chi connectivity index (χ0) is 15.4. The maximum atomic E-state index is 11.2. The van der Waals surface area contributed by atoms with Crippen LogP contribution in [0.25, 0.3) is 0 Å². The van der Waals surface area contributed by atoms with Gasteiger partial charge in [0.05, 0.1) is 12.0 Å². The molecule has 112 valence electrons. The number of ether oxygens (including phenoxy) is 1. The molecular weight excluding hydrogens is 272 g/mol. The SMILES string of the molecule is CCc1nn(C)c(NCc2cccc(OC)c2)c1[N+](=O)[O-]. The molecule has 0 aliphatic rings. The van der Waals surface area contributed by atoms with Crippen molar-refractivity contribution in [2.75, 3.05) is 12.4 Å². The molecule has 0 aliphatic heterocycles. The normalized spacial score (nSPS) is 10.4. The van der Waals surface area contributed by atoms with Crippen molar-refractivity contribution < 1.29 is 9.66 Å². The third-order valence-electron chi connectivity index (χ3n) is 3.20. The van der Waals surface area contributed by atoms with E-state index in [1.54, 1.807) is 14.2 Å². The molecule has 0 aliphatic carbocycles. The lowest BCUT2D eigenvalue weighted by atomic mass is 10.2. The van der Waals surface area contributed by atoms with Crippen molar-refractivity contribution in [2.45, 2.75) is 19.9 Å². The molecule has 0 spiro atoms. The molecule has 0 unspecified atom stereocenters. The van der Waals surface area contributed by atoms with E-state index in [0.717, 1.165) is 11.3 Å². The summed E-state index contributed by atoms with van der Waals surface area (Å²) in [6.07, 6.45) is 0.519. The van der Waals surface area contributed by atoms with Crippen molar-refractivity contribution in [2.24, 2.45) is 7.05 Å². The topological polar surface area (TPSA) is 82.2 Å². The van der Waals surface area contributed by atoms with Crippen molar-refractivity contribution >= 4 is 11.5 Å². The first-order chi connectivity index (χ1) is 10.1. The Balaban J connectivity index is 2.23. The molecule has 0 saturated heterocycles. The highest BCUT2D eigenvalue weighted by Gasteiger charge is 2.25. The standard InChI is InChI=1S/C14H18N4O3/c1-4-12-13(18(19)20)14(17(2)16-12)15-9-10-6-5-7-11(8-10)21-3/h5-8,15H,4,9H2,1-3H3. The van der Waals surface area contributed by atoms with Crippen LogP contribution in [0.15, 0.2) is 24.3 Å². The third kappa shape index (κ3) is 3.13. The van der Waals surface area contributed by atoms with E-state index in [9.17, 15) is 10.1 Å². The quantitative estimate of drug-likeness (QED) is 0.653. The third-order valence-corrected chi connectivity index (χ3v) is 3.20. The zero-order valence-corrected chi connectivity index (χ0v) is 12.3. The van der Waals surface area contributed by atoms with Crippen LogP contribution >= 0.6 is 0 Å². The minimum atomic E-state index is -0.389. The average Bonchev–Trinajstić information content (AvgIpc) is 2.81. The molecule has 1 N–H and O–H groups in total. The molecule has 2 rings (SSSR count). The number of rotatable bonds is 6. The van der Waals surface area contributed by atoms with Crippen LogP contribution in [0.3, 0.4) is 0 Å². The molecule has 1 heterocycles. The number of hydrogen-bond acceptors (Lipinski definition) is 5. The van der Waals surface area contributed by atoms with Gasteiger partial charge in [-0.3, -0.25) is 10.1 Å². The predicted octanol–water partition coefficient (Wildman–Crippen LogP) is 2.51. The Labute approximate surface area is 122 Å². The van der Waals surface area contributed by atoms with Crippen LogP contribution in [0, 0.1) is 10.1 Å². The summed E-state index contributed by atoms with van der Waals surface area (Å²) in [4.78, 5) is 10.8. The van der Waals surface area contributed by atoms with Crippen molar-refractivity contribution in [3.05, 3.63) is 45.6 Å². The van der Waals surface area contributed by atoms with E-state index in [4.69, 9.17) is 4.74 Å². The Bertz CT molecular complexity index is 652. The second-order valence-electron chi connectivity index (χ2n) is 4.58. The van der Waals surface area contributed by atoms with E-state index in [0.29, 0.717) is 24.5 Å². The minimum Gasteiger partial charge on any atom is -0.497 e. The number of anilines is 1. The van der Waals surface area contributed by atoms with E-state index >= 15 is 0 Å². The summed E-state index contributed by atoms with van der Waals surface area (Å²) in [5.74, 6) is 1.17. The molecule has 0 atom stereocenters. The van der Waals surface area contributed by atoms with E-state index in [1.807, 2.05) is 31.2 Å². The van der Waals surface area contributed by atoms with Crippen LogP contribution in [0.5, 0.6) is 5.75 Å². The summed E-state index contributed by atoms with van der Waals surface area (Å²) < 4.78 is 6.67. The lowest BCUT2D eigenvalue weighted by Gasteiger charge is -2.07. The summed E-state index contributed by atoms with van der Waals surface area (Å²) in [7, 11) is 3.30. The molecule has 0 radical (unpaired) electrons. The minimum absolute atomic E-state index is 0.0443. The van der Waals surface area contributed by atoms with Gasteiger partial charge in [0, 0.05) is 13.6 Å². The monoisotopic (exact) mass is 290 g/mol. The second-order valence-corrected chi connectivity index (χ2v) is 4.58. The number of nitro groups is 1. The number of hydrogen-bond donors (Lipinski definition) is 1. The molecule has 7 heteroatoms. The van der Waals surface area contributed by atoms with Gasteiger partial charge in [-0.25, -0.2) is 4.68 Å². The van der Waals surface area contributed by atoms with Gasteiger partial charge in [0.15, 0.2) is 0 Å². The zero-order valence-electron chi connectivity index (χ0n) is 12.3. The van der Waals surface area contributed by atoms with Gasteiger partial charge in [0.25, 0.3) is 0 Å². The molecule has 2 aromatic rings. The van der Waals surface area contributed by atoms with Crippen LogP contribution in [0.2, 0.25) is 0 Å². The Morgan fingerprint density at radius 1 is 1.48 bits per heavy atom. The molecule has 1 aromatic carbocycles. The number of aromatic nitrogens is 2. The largest absolute Gasteiger partial charge is 0.497 e. The maximum absolute atomic E-state index is 11.2. The summed E-state index contributed by atoms with van der Waals surface area (Å²) in [5.41, 5.74) is 1.50. The smallest absolute Gasteiger partial charge is 0.333 e. The Hall–Kier alpha value is -2.57. The molecule has 0 amide bonds. The summed E-state index contributed by atoms with van der Waals surface area (Å²) >= 11 is 0. The predicted molar refractivity (Wildman–Crippen MR) is 79.6 cm³/mol. The van der Waals surface area contributed by atoms with E-state index in [1.165, 1.54) is 4.68 Å². The van der Waals surface area contributed by atoms with Gasteiger partial charge < -0.3 is 10.1 Å². The number of aryl methyl sites for hydroxylation is 2. The van der Waals surface area contributed by atoms with Gasteiger partial charge in [-0.05, 0) is 24.1 Å². The molecule has 0 saturated carbocycles. The molecule has 0 fully saturated rings. The fourth-order valence-electron chi connectivity index (χ4n) is 2.16. The van der Waals surface area contributed by atoms with Crippen molar-refractivity contribution in [3.8, 4) is 5.75 Å². The summed E-state index contributed by atoms with van der Waals surface area (Å²) in [5, 5.41) is 18.5. The first-order valence-corrected chi connectivity index (χ1v) is 6.63. The van der Waals surface area contributed by atoms with E-state index in [-0.39, 0.29) is 10.6 Å². The number of methoxy groups -OCH3 is 1.